The van der Waals surface area contributed by atoms with Crippen molar-refractivity contribution in [3.05, 3.63) is 77.1 Å². The summed E-state index contributed by atoms with van der Waals surface area (Å²) in [6.45, 7) is 5.67. The van der Waals surface area contributed by atoms with Crippen molar-refractivity contribution < 1.29 is 14.3 Å². The molecule has 0 saturated heterocycles. The number of rotatable bonds is 8. The summed E-state index contributed by atoms with van der Waals surface area (Å²) in [5.74, 6) is -0.206. The number of hydrogen-bond donors (Lipinski definition) is 2. The molecule has 9 heteroatoms. The number of ether oxygens (including phenoxy) is 1. The van der Waals surface area contributed by atoms with Crippen molar-refractivity contribution in [2.24, 2.45) is 0 Å². The predicted molar refractivity (Wildman–Crippen MR) is 122 cm³/mol. The van der Waals surface area contributed by atoms with E-state index >= 15 is 0 Å². The minimum Gasteiger partial charge on any atom is -0.472 e. The number of amides is 2. The van der Waals surface area contributed by atoms with Crippen LogP contribution in [0.1, 0.15) is 39.3 Å². The van der Waals surface area contributed by atoms with Gasteiger partial charge in [-0.1, -0.05) is 36.4 Å². The molecule has 1 aliphatic rings. The van der Waals surface area contributed by atoms with Crippen LogP contribution < -0.4 is 15.4 Å². The second kappa shape index (κ2) is 9.23. The van der Waals surface area contributed by atoms with E-state index in [1.807, 2.05) is 13.0 Å². The number of benzene rings is 1. The molecule has 0 radical (unpaired) electrons. The minimum absolute atomic E-state index is 0.154. The summed E-state index contributed by atoms with van der Waals surface area (Å²) in [7, 11) is 0. The molecule has 164 valence electrons. The molecule has 2 N–H and O–H groups in total. The van der Waals surface area contributed by atoms with Gasteiger partial charge in [0.15, 0.2) is 5.82 Å². The van der Waals surface area contributed by atoms with Crippen LogP contribution in [0.2, 0.25) is 5.02 Å². The zero-order chi connectivity index (χ0) is 22.7. The molecule has 0 atom stereocenters. The van der Waals surface area contributed by atoms with Gasteiger partial charge in [-0.05, 0) is 43.5 Å². The van der Waals surface area contributed by atoms with E-state index in [0.717, 1.165) is 18.4 Å². The fourth-order valence-electron chi connectivity index (χ4n) is 3.12. The van der Waals surface area contributed by atoms with Gasteiger partial charge in [0.25, 0.3) is 11.8 Å². The summed E-state index contributed by atoms with van der Waals surface area (Å²) in [6, 6.07) is 10.3. The van der Waals surface area contributed by atoms with Crippen molar-refractivity contribution in [3.8, 4) is 11.7 Å². The quantitative estimate of drug-likeness (QED) is 0.505. The topological polar surface area (TPSA) is 98.1 Å². The van der Waals surface area contributed by atoms with Crippen LogP contribution in [0.15, 0.2) is 55.3 Å². The van der Waals surface area contributed by atoms with Gasteiger partial charge in [-0.25, -0.2) is 9.67 Å². The van der Waals surface area contributed by atoms with Crippen molar-refractivity contribution in [1.29, 1.82) is 0 Å². The highest BCUT2D eigenvalue weighted by Crippen LogP contribution is 2.26. The number of halogens is 1. The summed E-state index contributed by atoms with van der Waals surface area (Å²) in [4.78, 5) is 30.3. The Hall–Kier alpha value is -3.65. The SMILES string of the molecule is C=CCOc1cc(C(=O)Nc2c(C)cccc2C(=O)NC2CC2)n(-c2ncccc2Cl)n1. The van der Waals surface area contributed by atoms with Crippen LogP contribution in [-0.4, -0.2) is 39.2 Å². The maximum absolute atomic E-state index is 13.3. The lowest BCUT2D eigenvalue weighted by Crippen LogP contribution is -2.27. The summed E-state index contributed by atoms with van der Waals surface area (Å²) in [5, 5.41) is 10.5. The maximum atomic E-state index is 13.3. The standard InChI is InChI=1S/C23H22ClN5O3/c1-3-12-32-19-13-18(29(28-19)21-17(24)8-5-11-25-21)23(31)27-20-14(2)6-4-7-16(20)22(30)26-15-9-10-15/h3-8,11,13,15H,1,9-10,12H2,2H3,(H,26,30)(H,27,31). The third kappa shape index (κ3) is 4.65. The Morgan fingerprint density at radius 1 is 1.28 bits per heavy atom. The molecular weight excluding hydrogens is 430 g/mol. The first-order valence-electron chi connectivity index (χ1n) is 10.1. The lowest BCUT2D eigenvalue weighted by molar-refractivity contribution is 0.0952. The van der Waals surface area contributed by atoms with Gasteiger partial charge in [0.1, 0.15) is 12.3 Å². The fraction of sp³-hybridized carbons (Fsp3) is 0.217. The van der Waals surface area contributed by atoms with Crippen molar-refractivity contribution in [2.75, 3.05) is 11.9 Å². The van der Waals surface area contributed by atoms with Gasteiger partial charge in [-0.3, -0.25) is 9.59 Å². The summed E-state index contributed by atoms with van der Waals surface area (Å²) >= 11 is 6.29. The highest BCUT2D eigenvalue weighted by atomic mass is 35.5. The Kier molecular flexibility index (Phi) is 6.23. The highest BCUT2D eigenvalue weighted by Gasteiger charge is 2.26. The molecule has 2 aromatic heterocycles. The third-order valence-electron chi connectivity index (χ3n) is 4.88. The monoisotopic (exact) mass is 451 g/mol. The predicted octanol–water partition coefficient (Wildman–Crippen LogP) is 3.94. The number of carbonyl (C=O) groups is 2. The lowest BCUT2D eigenvalue weighted by Gasteiger charge is -2.14. The molecule has 8 nitrogen and oxygen atoms in total. The molecule has 0 unspecified atom stereocenters. The van der Waals surface area contributed by atoms with E-state index in [-0.39, 0.29) is 35.9 Å². The number of nitrogens with one attached hydrogen (secondary N) is 2. The van der Waals surface area contributed by atoms with Gasteiger partial charge in [0.2, 0.25) is 5.88 Å². The average molecular weight is 452 g/mol. The zero-order valence-electron chi connectivity index (χ0n) is 17.5. The van der Waals surface area contributed by atoms with E-state index in [0.29, 0.717) is 16.3 Å². The molecular formula is C23H22ClN5O3. The van der Waals surface area contributed by atoms with Crippen LogP contribution >= 0.6 is 11.6 Å². The Labute approximate surface area is 190 Å². The van der Waals surface area contributed by atoms with Crippen molar-refractivity contribution >= 4 is 29.1 Å². The van der Waals surface area contributed by atoms with E-state index in [2.05, 4.69) is 27.3 Å². The Morgan fingerprint density at radius 3 is 2.81 bits per heavy atom. The van der Waals surface area contributed by atoms with Crippen LogP contribution in [0.4, 0.5) is 5.69 Å². The molecule has 3 aromatic rings. The van der Waals surface area contributed by atoms with Crippen LogP contribution in [-0.2, 0) is 0 Å². The molecule has 1 aromatic carbocycles. The van der Waals surface area contributed by atoms with Gasteiger partial charge in [-0.2, -0.15) is 0 Å². The van der Waals surface area contributed by atoms with E-state index in [1.165, 1.54) is 10.7 Å². The average Bonchev–Trinajstić information content (AvgIpc) is 3.49. The number of hydrogen-bond acceptors (Lipinski definition) is 5. The van der Waals surface area contributed by atoms with Gasteiger partial charge < -0.3 is 15.4 Å². The lowest BCUT2D eigenvalue weighted by atomic mass is 10.1. The van der Waals surface area contributed by atoms with Gasteiger partial charge in [0.05, 0.1) is 16.3 Å². The summed E-state index contributed by atoms with van der Waals surface area (Å²) < 4.78 is 6.83. The number of anilines is 1. The molecule has 1 saturated carbocycles. The van der Waals surface area contributed by atoms with Crippen molar-refractivity contribution in [3.63, 3.8) is 0 Å². The zero-order valence-corrected chi connectivity index (χ0v) is 18.2. The maximum Gasteiger partial charge on any atom is 0.274 e. The molecule has 1 aliphatic carbocycles. The van der Waals surface area contributed by atoms with E-state index in [4.69, 9.17) is 16.3 Å². The third-order valence-corrected chi connectivity index (χ3v) is 5.17. The fourth-order valence-corrected chi connectivity index (χ4v) is 3.32. The number of nitrogens with zero attached hydrogens (tertiary/aromatic N) is 3. The molecule has 1 fully saturated rings. The van der Waals surface area contributed by atoms with Crippen LogP contribution in [0.5, 0.6) is 5.88 Å². The minimum atomic E-state index is -0.484. The normalized spacial score (nSPS) is 12.8. The number of aromatic nitrogens is 3. The van der Waals surface area contributed by atoms with Gasteiger partial charge in [0, 0.05) is 18.3 Å². The van der Waals surface area contributed by atoms with Crippen molar-refractivity contribution in [1.82, 2.24) is 20.1 Å². The molecule has 0 aliphatic heterocycles. The first-order chi connectivity index (χ1) is 15.5. The number of para-hydroxylation sites is 1. The highest BCUT2D eigenvalue weighted by molar-refractivity contribution is 6.32. The molecule has 0 spiro atoms. The second-order valence-corrected chi connectivity index (χ2v) is 7.79. The van der Waals surface area contributed by atoms with Crippen LogP contribution in [0.3, 0.4) is 0 Å². The Morgan fingerprint density at radius 2 is 2.09 bits per heavy atom. The van der Waals surface area contributed by atoms with Gasteiger partial charge in [-0.15, -0.1) is 5.10 Å². The Balaban J connectivity index is 1.69. The summed E-state index contributed by atoms with van der Waals surface area (Å²) in [5.41, 5.74) is 1.74. The molecule has 32 heavy (non-hydrogen) atoms. The smallest absolute Gasteiger partial charge is 0.274 e. The van der Waals surface area contributed by atoms with Crippen LogP contribution in [0, 0.1) is 6.92 Å². The van der Waals surface area contributed by atoms with Gasteiger partial charge >= 0.3 is 0 Å². The summed E-state index contributed by atoms with van der Waals surface area (Å²) in [6.07, 6.45) is 5.06. The van der Waals surface area contributed by atoms with E-state index < -0.39 is 5.91 Å². The van der Waals surface area contributed by atoms with E-state index in [1.54, 1.807) is 36.5 Å². The second-order valence-electron chi connectivity index (χ2n) is 7.39. The Bertz CT molecular complexity index is 1190. The molecule has 0 bridgehead atoms. The largest absolute Gasteiger partial charge is 0.472 e. The molecule has 2 heterocycles. The first kappa shape index (κ1) is 21.6. The van der Waals surface area contributed by atoms with E-state index in [9.17, 15) is 9.59 Å². The number of aryl methyl sites for hydroxylation is 1. The number of carbonyl (C=O) groups excluding carboxylic acids is 2. The first-order valence-corrected chi connectivity index (χ1v) is 10.5. The van der Waals surface area contributed by atoms with Crippen molar-refractivity contribution in [2.45, 2.75) is 25.8 Å². The molecule has 4 rings (SSSR count). The number of pyridine rings is 1. The molecule has 2 amide bonds. The van der Waals surface area contributed by atoms with Crippen LogP contribution in [0.25, 0.3) is 5.82 Å².